The number of carbonyl (C=O) groups is 1. The first-order chi connectivity index (χ1) is 13.5. The van der Waals surface area contributed by atoms with Crippen LogP contribution in [0.2, 0.25) is 0 Å². The molecule has 0 aliphatic carbocycles. The Morgan fingerprint density at radius 3 is 2.36 bits per heavy atom. The van der Waals surface area contributed by atoms with Gasteiger partial charge < -0.3 is 5.32 Å². The quantitative estimate of drug-likeness (QED) is 0.640. The Kier molecular flexibility index (Phi) is 6.23. The molecule has 0 aliphatic heterocycles. The van der Waals surface area contributed by atoms with Gasteiger partial charge in [-0.3, -0.25) is 4.79 Å². The summed E-state index contributed by atoms with van der Waals surface area (Å²) in [5, 5.41) is 2.90. The molecular weight excluding hydrogens is 372 g/mol. The van der Waals surface area contributed by atoms with Crippen LogP contribution in [0, 0.1) is 0 Å². The van der Waals surface area contributed by atoms with Gasteiger partial charge in [0.05, 0.1) is 4.90 Å². The standard InChI is InChI=1S/C22H22N2O3S/c1-2-23-28(26,27)20-13-8-12-19(16-20)22(25)24-21-14-7-6-11-18(21)15-17-9-4-3-5-10-17/h3-14,16,23H,2,15H2,1H3,(H,24,25). The predicted molar refractivity (Wildman–Crippen MR) is 111 cm³/mol. The van der Waals surface area contributed by atoms with Gasteiger partial charge in [-0.25, -0.2) is 13.1 Å². The zero-order valence-corrected chi connectivity index (χ0v) is 16.4. The normalized spacial score (nSPS) is 11.2. The van der Waals surface area contributed by atoms with Crippen molar-refractivity contribution < 1.29 is 13.2 Å². The zero-order chi connectivity index (χ0) is 20.0. The van der Waals surface area contributed by atoms with E-state index in [1.54, 1.807) is 19.1 Å². The Morgan fingerprint density at radius 1 is 0.893 bits per heavy atom. The molecule has 6 heteroatoms. The summed E-state index contributed by atoms with van der Waals surface area (Å²) >= 11 is 0. The van der Waals surface area contributed by atoms with E-state index >= 15 is 0 Å². The van der Waals surface area contributed by atoms with Crippen LogP contribution in [0.1, 0.15) is 28.4 Å². The summed E-state index contributed by atoms with van der Waals surface area (Å²) in [6.45, 7) is 1.99. The molecule has 0 aliphatic rings. The fourth-order valence-corrected chi connectivity index (χ4v) is 3.97. The minimum Gasteiger partial charge on any atom is -0.322 e. The summed E-state index contributed by atoms with van der Waals surface area (Å²) in [7, 11) is -3.62. The maximum Gasteiger partial charge on any atom is 0.255 e. The SMILES string of the molecule is CCNS(=O)(=O)c1cccc(C(=O)Nc2ccccc2Cc2ccccc2)c1. The van der Waals surface area contributed by atoms with Gasteiger partial charge in [0.2, 0.25) is 10.0 Å². The molecule has 3 aromatic carbocycles. The Labute approximate surface area is 165 Å². The summed E-state index contributed by atoms with van der Waals surface area (Å²) in [6.07, 6.45) is 0.687. The number of carbonyl (C=O) groups excluding carboxylic acids is 1. The Balaban J connectivity index is 1.83. The molecule has 3 rings (SSSR count). The monoisotopic (exact) mass is 394 g/mol. The highest BCUT2D eigenvalue weighted by Gasteiger charge is 2.16. The smallest absolute Gasteiger partial charge is 0.255 e. The van der Waals surface area contributed by atoms with Gasteiger partial charge in [-0.15, -0.1) is 0 Å². The first-order valence-electron chi connectivity index (χ1n) is 9.02. The summed E-state index contributed by atoms with van der Waals surface area (Å²) < 4.78 is 26.8. The lowest BCUT2D eigenvalue weighted by atomic mass is 10.0. The van der Waals surface area contributed by atoms with E-state index in [2.05, 4.69) is 10.0 Å². The highest BCUT2D eigenvalue weighted by atomic mass is 32.2. The molecular formula is C22H22N2O3S. The molecule has 0 spiro atoms. The van der Waals surface area contributed by atoms with Crippen molar-refractivity contribution in [1.82, 2.24) is 4.72 Å². The second kappa shape index (κ2) is 8.82. The van der Waals surface area contributed by atoms with Crippen LogP contribution in [0.15, 0.2) is 83.8 Å². The predicted octanol–water partition coefficient (Wildman–Crippen LogP) is 3.83. The van der Waals surface area contributed by atoms with Crippen molar-refractivity contribution in [2.45, 2.75) is 18.2 Å². The molecule has 2 N–H and O–H groups in total. The van der Waals surface area contributed by atoms with Crippen LogP contribution < -0.4 is 10.0 Å². The van der Waals surface area contributed by atoms with Crippen LogP contribution in [-0.2, 0) is 16.4 Å². The van der Waals surface area contributed by atoms with Crippen molar-refractivity contribution in [3.05, 3.63) is 95.6 Å². The van der Waals surface area contributed by atoms with Crippen molar-refractivity contribution in [1.29, 1.82) is 0 Å². The molecule has 3 aromatic rings. The number of hydrogen-bond acceptors (Lipinski definition) is 3. The molecule has 144 valence electrons. The van der Waals surface area contributed by atoms with Gasteiger partial charge in [-0.05, 0) is 41.8 Å². The third-order valence-corrected chi connectivity index (χ3v) is 5.79. The first-order valence-corrected chi connectivity index (χ1v) is 10.5. The Bertz CT molecular complexity index is 1060. The van der Waals surface area contributed by atoms with Gasteiger partial charge in [0.1, 0.15) is 0 Å². The second-order valence-corrected chi connectivity index (χ2v) is 8.07. The van der Waals surface area contributed by atoms with E-state index in [9.17, 15) is 13.2 Å². The second-order valence-electron chi connectivity index (χ2n) is 6.30. The lowest BCUT2D eigenvalue weighted by molar-refractivity contribution is 0.102. The number of amides is 1. The molecule has 0 fully saturated rings. The summed E-state index contributed by atoms with van der Waals surface area (Å²) in [4.78, 5) is 12.8. The van der Waals surface area contributed by atoms with E-state index in [0.29, 0.717) is 12.1 Å². The minimum atomic E-state index is -3.62. The van der Waals surface area contributed by atoms with Gasteiger partial charge in [0, 0.05) is 17.8 Å². The van der Waals surface area contributed by atoms with Gasteiger partial charge >= 0.3 is 0 Å². The third-order valence-electron chi connectivity index (χ3n) is 4.24. The van der Waals surface area contributed by atoms with E-state index in [1.165, 1.54) is 12.1 Å². The zero-order valence-electron chi connectivity index (χ0n) is 15.6. The maximum atomic E-state index is 12.7. The lowest BCUT2D eigenvalue weighted by Crippen LogP contribution is -2.23. The molecule has 1 amide bonds. The molecule has 0 aromatic heterocycles. The number of hydrogen-bond donors (Lipinski definition) is 2. The molecule has 0 radical (unpaired) electrons. The fraction of sp³-hybridized carbons (Fsp3) is 0.136. The number of sulfonamides is 1. The number of nitrogens with one attached hydrogen (secondary N) is 2. The number of anilines is 1. The number of benzene rings is 3. The topological polar surface area (TPSA) is 75.3 Å². The van der Waals surface area contributed by atoms with E-state index in [1.807, 2.05) is 54.6 Å². The van der Waals surface area contributed by atoms with Crippen molar-refractivity contribution in [2.75, 3.05) is 11.9 Å². The van der Waals surface area contributed by atoms with Gasteiger partial charge in [0.25, 0.3) is 5.91 Å². The third kappa shape index (κ3) is 4.85. The fourth-order valence-electron chi connectivity index (χ4n) is 2.88. The molecule has 0 saturated carbocycles. The van der Waals surface area contributed by atoms with Crippen LogP contribution in [0.3, 0.4) is 0 Å². The Hall–Kier alpha value is -2.96. The molecule has 28 heavy (non-hydrogen) atoms. The molecule has 0 bridgehead atoms. The highest BCUT2D eigenvalue weighted by Crippen LogP contribution is 2.20. The Morgan fingerprint density at radius 2 is 1.61 bits per heavy atom. The molecule has 0 atom stereocenters. The first kappa shape index (κ1) is 19.8. The average molecular weight is 394 g/mol. The molecule has 0 saturated heterocycles. The largest absolute Gasteiger partial charge is 0.322 e. The van der Waals surface area contributed by atoms with E-state index in [4.69, 9.17) is 0 Å². The summed E-state index contributed by atoms with van der Waals surface area (Å²) in [6, 6.07) is 23.6. The molecule has 0 unspecified atom stereocenters. The van der Waals surface area contributed by atoms with E-state index in [0.717, 1.165) is 11.1 Å². The lowest BCUT2D eigenvalue weighted by Gasteiger charge is -2.12. The number of rotatable bonds is 7. The van der Waals surface area contributed by atoms with Gasteiger partial charge in [0.15, 0.2) is 0 Å². The molecule has 5 nitrogen and oxygen atoms in total. The van der Waals surface area contributed by atoms with E-state index < -0.39 is 10.0 Å². The van der Waals surface area contributed by atoms with E-state index in [-0.39, 0.29) is 22.9 Å². The van der Waals surface area contributed by atoms with Gasteiger partial charge in [-0.2, -0.15) is 0 Å². The summed E-state index contributed by atoms with van der Waals surface area (Å²) in [5.41, 5.74) is 3.12. The van der Waals surface area contributed by atoms with Crippen LogP contribution in [0.25, 0.3) is 0 Å². The van der Waals surface area contributed by atoms with Crippen molar-refractivity contribution >= 4 is 21.6 Å². The molecule has 0 heterocycles. The van der Waals surface area contributed by atoms with Crippen molar-refractivity contribution in [3.63, 3.8) is 0 Å². The van der Waals surface area contributed by atoms with Crippen LogP contribution >= 0.6 is 0 Å². The van der Waals surface area contributed by atoms with Crippen molar-refractivity contribution in [3.8, 4) is 0 Å². The van der Waals surface area contributed by atoms with Gasteiger partial charge in [-0.1, -0.05) is 61.5 Å². The average Bonchev–Trinajstić information content (AvgIpc) is 2.70. The minimum absolute atomic E-state index is 0.0690. The number of para-hydroxylation sites is 1. The maximum absolute atomic E-state index is 12.7. The van der Waals surface area contributed by atoms with Crippen molar-refractivity contribution in [2.24, 2.45) is 0 Å². The summed E-state index contributed by atoms with van der Waals surface area (Å²) in [5.74, 6) is -0.353. The highest BCUT2D eigenvalue weighted by molar-refractivity contribution is 7.89. The van der Waals surface area contributed by atoms with Crippen LogP contribution in [-0.4, -0.2) is 20.9 Å². The van der Waals surface area contributed by atoms with Crippen LogP contribution in [0.5, 0.6) is 0 Å². The van der Waals surface area contributed by atoms with Crippen LogP contribution in [0.4, 0.5) is 5.69 Å².